The number of carbonyl (C=O) groups is 2. The number of pyridine rings is 2. The summed E-state index contributed by atoms with van der Waals surface area (Å²) in [5.74, 6) is -0.950. The molecule has 10 heteroatoms. The van der Waals surface area contributed by atoms with Crippen molar-refractivity contribution in [3.63, 3.8) is 0 Å². The lowest BCUT2D eigenvalue weighted by atomic mass is 9.97. The van der Waals surface area contributed by atoms with Gasteiger partial charge in [0.2, 0.25) is 0 Å². The summed E-state index contributed by atoms with van der Waals surface area (Å²) in [5.41, 5.74) is 5.09. The number of nitrogens with one attached hydrogen (secondary N) is 2. The summed E-state index contributed by atoms with van der Waals surface area (Å²) in [6.07, 6.45) is 6.30. The Morgan fingerprint density at radius 2 is 1.94 bits per heavy atom. The number of imidazole rings is 1. The zero-order valence-corrected chi connectivity index (χ0v) is 19.2. The summed E-state index contributed by atoms with van der Waals surface area (Å²) in [6.45, 7) is 1.74. The molecule has 0 aliphatic carbocycles. The number of benzene rings is 1. The van der Waals surface area contributed by atoms with Crippen LogP contribution in [0.25, 0.3) is 16.9 Å². The van der Waals surface area contributed by atoms with Gasteiger partial charge in [-0.25, -0.2) is 14.4 Å². The van der Waals surface area contributed by atoms with Gasteiger partial charge in [0.1, 0.15) is 17.3 Å². The Morgan fingerprint density at radius 1 is 1.11 bits per heavy atom. The smallest absolute Gasteiger partial charge is 0.306 e. The van der Waals surface area contributed by atoms with Crippen molar-refractivity contribution in [2.45, 2.75) is 19.4 Å². The average molecular weight is 487 g/mol. The predicted molar refractivity (Wildman–Crippen MR) is 132 cm³/mol. The van der Waals surface area contributed by atoms with Crippen molar-refractivity contribution < 1.29 is 19.1 Å². The quantitative estimate of drug-likeness (QED) is 0.393. The zero-order chi connectivity index (χ0) is 24.8. The van der Waals surface area contributed by atoms with Crippen LogP contribution < -0.4 is 15.5 Å². The van der Waals surface area contributed by atoms with Gasteiger partial charge in [-0.1, -0.05) is 6.07 Å². The molecule has 0 unspecified atom stereocenters. The number of piperidine rings is 1. The Hall–Kier alpha value is -4.47. The molecule has 4 aromatic rings. The van der Waals surface area contributed by atoms with Crippen molar-refractivity contribution in [3.05, 3.63) is 71.9 Å². The molecule has 0 atom stereocenters. The van der Waals surface area contributed by atoms with Crippen LogP contribution in [-0.2, 0) is 11.3 Å². The molecule has 6 rings (SSSR count). The highest BCUT2D eigenvalue weighted by atomic mass is 19.1. The second-order valence-corrected chi connectivity index (χ2v) is 9.04. The largest absolute Gasteiger partial charge is 0.481 e. The molecule has 9 nitrogen and oxygen atoms in total. The molecule has 0 bridgehead atoms. The second-order valence-electron chi connectivity index (χ2n) is 9.04. The third-order valence-corrected chi connectivity index (χ3v) is 6.94. The van der Waals surface area contributed by atoms with Crippen molar-refractivity contribution >= 4 is 34.7 Å². The van der Waals surface area contributed by atoms with Crippen LogP contribution in [0.5, 0.6) is 0 Å². The van der Waals surface area contributed by atoms with Crippen LogP contribution in [0, 0.1) is 11.7 Å². The minimum absolute atomic E-state index is 0.174. The van der Waals surface area contributed by atoms with Gasteiger partial charge >= 0.3 is 5.97 Å². The monoisotopic (exact) mass is 486 g/mol. The van der Waals surface area contributed by atoms with Crippen molar-refractivity contribution in [1.29, 1.82) is 0 Å². The number of hydrogen-bond donors (Lipinski definition) is 3. The lowest BCUT2D eigenvalue weighted by Gasteiger charge is -2.31. The maximum atomic E-state index is 13.6. The molecular formula is C26H23FN6O3. The minimum Gasteiger partial charge on any atom is -0.481 e. The summed E-state index contributed by atoms with van der Waals surface area (Å²) in [7, 11) is 0. The second kappa shape index (κ2) is 8.63. The van der Waals surface area contributed by atoms with E-state index in [0.717, 1.165) is 22.5 Å². The number of carboxylic acids is 1. The van der Waals surface area contributed by atoms with Crippen LogP contribution in [0.15, 0.2) is 55.0 Å². The van der Waals surface area contributed by atoms with Gasteiger partial charge in [0, 0.05) is 37.5 Å². The van der Waals surface area contributed by atoms with Gasteiger partial charge in [-0.05, 0) is 42.7 Å². The predicted octanol–water partition coefficient (Wildman–Crippen LogP) is 3.82. The number of rotatable bonds is 5. The van der Waals surface area contributed by atoms with E-state index in [1.54, 1.807) is 23.0 Å². The number of halogens is 1. The van der Waals surface area contributed by atoms with E-state index in [0.29, 0.717) is 55.2 Å². The third kappa shape index (κ3) is 3.80. The van der Waals surface area contributed by atoms with Gasteiger partial charge in [0.25, 0.3) is 5.91 Å². The standard InChI is InChI=1S/C26H23FN6O3/c27-16-7-10-33-21(14-29-23(33)11-16)18-2-3-20(24-19(18)13-30-25(24)34)31-22-4-1-17(12-28-22)32-8-5-15(6-9-32)26(35)36/h1-4,7,10-12,14-15H,5-6,8-9,13H2,(H,28,31)(H,30,34)(H,35,36). The van der Waals surface area contributed by atoms with E-state index in [-0.39, 0.29) is 17.6 Å². The van der Waals surface area contributed by atoms with Gasteiger partial charge in [-0.15, -0.1) is 0 Å². The van der Waals surface area contributed by atoms with E-state index in [9.17, 15) is 19.1 Å². The molecule has 182 valence electrons. The summed E-state index contributed by atoms with van der Waals surface area (Å²) < 4.78 is 15.4. The van der Waals surface area contributed by atoms with E-state index in [4.69, 9.17) is 0 Å². The molecule has 1 amide bonds. The molecular weight excluding hydrogens is 463 g/mol. The van der Waals surface area contributed by atoms with E-state index < -0.39 is 5.97 Å². The van der Waals surface area contributed by atoms with Gasteiger partial charge in [-0.3, -0.25) is 14.0 Å². The fraction of sp³-hybridized carbons (Fsp3) is 0.231. The molecule has 0 saturated carbocycles. The Labute approximate surface area is 205 Å². The van der Waals surface area contributed by atoms with Crippen molar-refractivity contribution in [2.75, 3.05) is 23.3 Å². The first-order valence-electron chi connectivity index (χ1n) is 11.8. The Bertz CT molecular complexity index is 1490. The fourth-order valence-corrected chi connectivity index (χ4v) is 5.02. The van der Waals surface area contributed by atoms with Crippen LogP contribution in [0.4, 0.5) is 21.6 Å². The van der Waals surface area contributed by atoms with Crippen LogP contribution in [-0.4, -0.2) is 44.4 Å². The van der Waals surface area contributed by atoms with E-state index >= 15 is 0 Å². The maximum Gasteiger partial charge on any atom is 0.306 e. The van der Waals surface area contributed by atoms with Crippen molar-refractivity contribution in [1.82, 2.24) is 19.7 Å². The molecule has 1 saturated heterocycles. The topological polar surface area (TPSA) is 112 Å². The van der Waals surface area contributed by atoms with Gasteiger partial charge < -0.3 is 20.6 Å². The first-order chi connectivity index (χ1) is 17.5. The molecule has 3 aromatic heterocycles. The highest BCUT2D eigenvalue weighted by Crippen LogP contribution is 2.35. The molecule has 1 fully saturated rings. The molecule has 36 heavy (non-hydrogen) atoms. The lowest BCUT2D eigenvalue weighted by Crippen LogP contribution is -2.36. The SMILES string of the molecule is O=C1NCc2c(-c3cnc4cc(F)ccn34)ccc(Nc3ccc(N4CCC(C(=O)O)CC4)cn3)c21. The van der Waals surface area contributed by atoms with Crippen molar-refractivity contribution in [3.8, 4) is 11.3 Å². The summed E-state index contributed by atoms with van der Waals surface area (Å²) in [5, 5.41) is 15.4. The first-order valence-corrected chi connectivity index (χ1v) is 11.8. The highest BCUT2D eigenvalue weighted by molar-refractivity contribution is 6.06. The normalized spacial score (nSPS) is 15.7. The number of nitrogens with zero attached hydrogens (tertiary/aromatic N) is 4. The molecule has 1 aromatic carbocycles. The Kier molecular flexibility index (Phi) is 5.28. The Morgan fingerprint density at radius 3 is 2.69 bits per heavy atom. The number of aromatic nitrogens is 3. The summed E-state index contributed by atoms with van der Waals surface area (Å²) in [6, 6.07) is 10.3. The molecule has 2 aliphatic heterocycles. The minimum atomic E-state index is -0.731. The summed E-state index contributed by atoms with van der Waals surface area (Å²) >= 11 is 0. The first kappa shape index (κ1) is 22.0. The average Bonchev–Trinajstić information content (AvgIpc) is 3.48. The number of carboxylic acid groups (broad SMARTS) is 1. The molecule has 5 heterocycles. The maximum absolute atomic E-state index is 13.6. The fourth-order valence-electron chi connectivity index (χ4n) is 5.02. The molecule has 0 spiro atoms. The summed E-state index contributed by atoms with van der Waals surface area (Å²) in [4.78, 5) is 34.9. The number of anilines is 3. The number of amides is 1. The van der Waals surface area contributed by atoms with E-state index in [2.05, 4.69) is 25.5 Å². The zero-order valence-electron chi connectivity index (χ0n) is 19.2. The third-order valence-electron chi connectivity index (χ3n) is 6.94. The Balaban J connectivity index is 1.26. The van der Waals surface area contributed by atoms with Gasteiger partial charge in [-0.2, -0.15) is 0 Å². The van der Waals surface area contributed by atoms with Gasteiger partial charge in [0.05, 0.1) is 40.9 Å². The molecule has 3 N–H and O–H groups in total. The van der Waals surface area contributed by atoms with Crippen LogP contribution in [0.2, 0.25) is 0 Å². The number of hydrogen-bond acceptors (Lipinski definition) is 6. The van der Waals surface area contributed by atoms with Gasteiger partial charge in [0.15, 0.2) is 0 Å². The van der Waals surface area contributed by atoms with Crippen LogP contribution >= 0.6 is 0 Å². The number of aliphatic carboxylic acids is 1. The van der Waals surface area contributed by atoms with E-state index in [1.165, 1.54) is 12.1 Å². The van der Waals surface area contributed by atoms with Crippen molar-refractivity contribution in [2.24, 2.45) is 5.92 Å². The number of fused-ring (bicyclic) bond motifs is 2. The molecule has 2 aliphatic rings. The lowest BCUT2D eigenvalue weighted by molar-refractivity contribution is -0.142. The molecule has 0 radical (unpaired) electrons. The van der Waals surface area contributed by atoms with Crippen LogP contribution in [0.3, 0.4) is 0 Å². The van der Waals surface area contributed by atoms with Crippen LogP contribution in [0.1, 0.15) is 28.8 Å². The highest BCUT2D eigenvalue weighted by Gasteiger charge is 2.28. The van der Waals surface area contributed by atoms with E-state index in [1.807, 2.05) is 24.3 Å². The number of carbonyl (C=O) groups excluding carboxylic acids is 1.